The molecule has 2 rings (SSSR count). The van der Waals surface area contributed by atoms with Crippen LogP contribution in [0.5, 0.6) is 5.75 Å². The number of rotatable bonds is 10. The number of ether oxygens (including phenoxy) is 1. The Bertz CT molecular complexity index is 636. The summed E-state index contributed by atoms with van der Waals surface area (Å²) in [5.41, 5.74) is 8.40. The topological polar surface area (TPSA) is 75.7 Å². The molecule has 0 aliphatic heterocycles. The Kier molecular flexibility index (Phi) is 7.44. The fraction of sp³-hybridized carbons (Fsp3) is 0.429. The van der Waals surface area contributed by atoms with Crippen LogP contribution >= 0.6 is 0 Å². The maximum absolute atomic E-state index is 9.26. The van der Waals surface area contributed by atoms with Crippen molar-refractivity contribution in [2.75, 3.05) is 19.8 Å². The fourth-order valence-corrected chi connectivity index (χ4v) is 2.57. The molecule has 0 aliphatic rings. The smallest absolute Gasteiger partial charge is 0.119 e. The Labute approximate surface area is 150 Å². The highest BCUT2D eigenvalue weighted by Gasteiger charge is 2.22. The van der Waals surface area contributed by atoms with Gasteiger partial charge in [-0.05, 0) is 48.1 Å². The first-order valence-corrected chi connectivity index (χ1v) is 8.93. The quantitative estimate of drug-likeness (QED) is 0.579. The van der Waals surface area contributed by atoms with Crippen molar-refractivity contribution < 1.29 is 14.9 Å². The minimum atomic E-state index is -0.914. The molecule has 0 spiro atoms. The zero-order chi connectivity index (χ0) is 18.1. The molecule has 4 nitrogen and oxygen atoms in total. The summed E-state index contributed by atoms with van der Waals surface area (Å²) in [6.07, 6.45) is 3.44. The van der Waals surface area contributed by atoms with Crippen molar-refractivity contribution in [2.45, 2.75) is 38.1 Å². The van der Waals surface area contributed by atoms with Crippen LogP contribution in [0.15, 0.2) is 48.5 Å². The van der Waals surface area contributed by atoms with Gasteiger partial charge in [0.1, 0.15) is 5.75 Å². The normalized spacial score (nSPS) is 11.5. The molecule has 0 heterocycles. The molecule has 136 valence electrons. The first-order valence-electron chi connectivity index (χ1n) is 8.93. The van der Waals surface area contributed by atoms with Gasteiger partial charge in [-0.25, -0.2) is 0 Å². The van der Waals surface area contributed by atoms with Crippen LogP contribution in [0.25, 0.3) is 11.1 Å². The molecule has 0 amide bonds. The van der Waals surface area contributed by atoms with E-state index >= 15 is 0 Å². The van der Waals surface area contributed by atoms with E-state index in [4.69, 9.17) is 10.5 Å². The van der Waals surface area contributed by atoms with Crippen molar-refractivity contribution in [2.24, 2.45) is 5.73 Å². The second-order valence-corrected chi connectivity index (χ2v) is 6.61. The first-order chi connectivity index (χ1) is 12.1. The van der Waals surface area contributed by atoms with Crippen molar-refractivity contribution in [1.82, 2.24) is 0 Å². The zero-order valence-corrected chi connectivity index (χ0v) is 14.9. The minimum absolute atomic E-state index is 0.216. The molecule has 0 radical (unpaired) electrons. The van der Waals surface area contributed by atoms with E-state index in [1.807, 2.05) is 12.1 Å². The van der Waals surface area contributed by atoms with Gasteiger partial charge in [0.2, 0.25) is 0 Å². The van der Waals surface area contributed by atoms with Crippen LogP contribution < -0.4 is 10.5 Å². The molecule has 2 aromatic rings. The van der Waals surface area contributed by atoms with Gasteiger partial charge in [0.15, 0.2) is 0 Å². The van der Waals surface area contributed by atoms with E-state index in [1.54, 1.807) is 0 Å². The number of hydrogen-bond acceptors (Lipinski definition) is 4. The molecule has 0 fully saturated rings. The molecule has 4 N–H and O–H groups in total. The lowest BCUT2D eigenvalue weighted by Crippen LogP contribution is -2.47. The van der Waals surface area contributed by atoms with E-state index in [0.717, 1.165) is 48.3 Å². The van der Waals surface area contributed by atoms with Crippen LogP contribution in [-0.4, -0.2) is 35.6 Å². The van der Waals surface area contributed by atoms with Crippen LogP contribution in [0.3, 0.4) is 0 Å². The zero-order valence-electron chi connectivity index (χ0n) is 14.9. The highest BCUT2D eigenvalue weighted by Crippen LogP contribution is 2.25. The number of nitrogens with two attached hydrogens (primary N) is 1. The van der Waals surface area contributed by atoms with Gasteiger partial charge in [0, 0.05) is 0 Å². The highest BCUT2D eigenvalue weighted by molar-refractivity contribution is 5.65. The van der Waals surface area contributed by atoms with E-state index in [2.05, 4.69) is 43.3 Å². The molecular weight excluding hydrogens is 314 g/mol. The third kappa shape index (κ3) is 5.85. The van der Waals surface area contributed by atoms with Crippen molar-refractivity contribution >= 4 is 0 Å². The molecular formula is C21H29NO3. The highest BCUT2D eigenvalue weighted by atomic mass is 16.5. The maximum Gasteiger partial charge on any atom is 0.119 e. The van der Waals surface area contributed by atoms with Gasteiger partial charge >= 0.3 is 0 Å². The molecule has 0 saturated heterocycles. The van der Waals surface area contributed by atoms with Gasteiger partial charge < -0.3 is 20.7 Å². The number of aryl methyl sites for hydroxylation is 1. The van der Waals surface area contributed by atoms with Crippen molar-refractivity contribution in [1.29, 1.82) is 0 Å². The van der Waals surface area contributed by atoms with E-state index in [1.165, 1.54) is 0 Å². The standard InChI is InChI=1S/C21H29NO3/c1-2-3-13-25-20-6-4-5-19(14-20)18-9-7-17(8-10-18)11-12-21(22,15-23)16-24/h4-10,14,23-24H,2-3,11-13,15-16,22H2,1H3. The summed E-state index contributed by atoms with van der Waals surface area (Å²) in [5, 5.41) is 18.5. The second kappa shape index (κ2) is 9.56. The third-order valence-corrected chi connectivity index (χ3v) is 4.43. The molecule has 25 heavy (non-hydrogen) atoms. The van der Waals surface area contributed by atoms with Gasteiger partial charge in [0.25, 0.3) is 0 Å². The van der Waals surface area contributed by atoms with E-state index < -0.39 is 5.54 Å². The average Bonchev–Trinajstić information content (AvgIpc) is 2.67. The van der Waals surface area contributed by atoms with Crippen LogP contribution in [0, 0.1) is 0 Å². The molecule has 0 saturated carbocycles. The molecule has 0 bridgehead atoms. The minimum Gasteiger partial charge on any atom is -0.494 e. The molecule has 0 atom stereocenters. The van der Waals surface area contributed by atoms with Gasteiger partial charge in [-0.15, -0.1) is 0 Å². The molecule has 2 aromatic carbocycles. The molecule has 0 unspecified atom stereocenters. The Hall–Kier alpha value is -1.88. The van der Waals surface area contributed by atoms with E-state index in [0.29, 0.717) is 6.42 Å². The summed E-state index contributed by atoms with van der Waals surface area (Å²) in [5.74, 6) is 0.897. The molecule has 0 aromatic heterocycles. The van der Waals surface area contributed by atoms with Crippen molar-refractivity contribution in [3.8, 4) is 16.9 Å². The summed E-state index contributed by atoms with van der Waals surface area (Å²) in [6.45, 7) is 2.46. The number of hydrogen-bond donors (Lipinski definition) is 3. The Morgan fingerprint density at radius 1 is 1.00 bits per heavy atom. The van der Waals surface area contributed by atoms with E-state index in [9.17, 15) is 10.2 Å². The average molecular weight is 343 g/mol. The second-order valence-electron chi connectivity index (χ2n) is 6.61. The van der Waals surface area contributed by atoms with Crippen LogP contribution in [0.1, 0.15) is 31.7 Å². The predicted octanol–water partition coefficient (Wildman–Crippen LogP) is 3.15. The predicted molar refractivity (Wildman–Crippen MR) is 102 cm³/mol. The van der Waals surface area contributed by atoms with Crippen molar-refractivity contribution in [3.63, 3.8) is 0 Å². The van der Waals surface area contributed by atoms with Crippen LogP contribution in [0.2, 0.25) is 0 Å². The Morgan fingerprint density at radius 2 is 1.72 bits per heavy atom. The SMILES string of the molecule is CCCCOc1cccc(-c2ccc(CCC(N)(CO)CO)cc2)c1. The number of unbranched alkanes of at least 4 members (excludes halogenated alkanes) is 1. The number of benzene rings is 2. The number of aliphatic hydroxyl groups excluding tert-OH is 2. The first kappa shape index (κ1) is 19.4. The van der Waals surface area contributed by atoms with Crippen LogP contribution in [-0.2, 0) is 6.42 Å². The lowest BCUT2D eigenvalue weighted by molar-refractivity contribution is 0.115. The summed E-state index contributed by atoms with van der Waals surface area (Å²) >= 11 is 0. The van der Waals surface area contributed by atoms with E-state index in [-0.39, 0.29) is 13.2 Å². The summed E-state index contributed by atoms with van der Waals surface area (Å²) in [6, 6.07) is 16.4. The lowest BCUT2D eigenvalue weighted by Gasteiger charge is -2.24. The maximum atomic E-state index is 9.26. The molecule has 0 aliphatic carbocycles. The van der Waals surface area contributed by atoms with Gasteiger partial charge in [-0.1, -0.05) is 49.7 Å². The third-order valence-electron chi connectivity index (χ3n) is 4.43. The largest absolute Gasteiger partial charge is 0.494 e. The Balaban J connectivity index is 2.01. The summed E-state index contributed by atoms with van der Waals surface area (Å²) in [7, 11) is 0. The van der Waals surface area contributed by atoms with Gasteiger partial charge in [-0.3, -0.25) is 0 Å². The van der Waals surface area contributed by atoms with Crippen molar-refractivity contribution in [3.05, 3.63) is 54.1 Å². The number of aliphatic hydroxyl groups is 2. The summed E-state index contributed by atoms with van der Waals surface area (Å²) < 4.78 is 5.77. The molecule has 4 heteroatoms. The lowest BCUT2D eigenvalue weighted by atomic mass is 9.93. The Morgan fingerprint density at radius 3 is 2.36 bits per heavy atom. The fourth-order valence-electron chi connectivity index (χ4n) is 2.57. The van der Waals surface area contributed by atoms with Gasteiger partial charge in [0.05, 0.1) is 25.4 Å². The van der Waals surface area contributed by atoms with Crippen LogP contribution in [0.4, 0.5) is 0 Å². The monoisotopic (exact) mass is 343 g/mol. The van der Waals surface area contributed by atoms with Gasteiger partial charge in [-0.2, -0.15) is 0 Å². The summed E-state index contributed by atoms with van der Waals surface area (Å²) in [4.78, 5) is 0.